The van der Waals surface area contributed by atoms with Crippen LogP contribution < -0.4 is 10.1 Å². The summed E-state index contributed by atoms with van der Waals surface area (Å²) in [6.45, 7) is 7.89. The zero-order chi connectivity index (χ0) is 27.2. The average molecular weight is 528 g/mol. The molecule has 2 aromatic heterocycles. The van der Waals surface area contributed by atoms with Crippen molar-refractivity contribution in [3.8, 4) is 5.75 Å². The van der Waals surface area contributed by atoms with Gasteiger partial charge in [-0.15, -0.1) is 0 Å². The van der Waals surface area contributed by atoms with E-state index in [-0.39, 0.29) is 5.91 Å². The Morgan fingerprint density at radius 2 is 2.10 bits per heavy atom. The van der Waals surface area contributed by atoms with Gasteiger partial charge in [0, 0.05) is 48.1 Å². The lowest BCUT2D eigenvalue weighted by Gasteiger charge is -2.27. The Hall–Kier alpha value is -3.58. The Labute approximate surface area is 231 Å². The third-order valence-electron chi connectivity index (χ3n) is 7.80. The first-order valence-corrected chi connectivity index (χ1v) is 14.4. The van der Waals surface area contributed by atoms with Gasteiger partial charge >= 0.3 is 0 Å². The molecule has 39 heavy (non-hydrogen) atoms. The molecule has 0 spiro atoms. The fourth-order valence-corrected chi connectivity index (χ4v) is 5.59. The first-order valence-electron chi connectivity index (χ1n) is 14.4. The predicted molar refractivity (Wildman–Crippen MR) is 158 cm³/mol. The molecule has 2 N–H and O–H groups in total. The van der Waals surface area contributed by atoms with Crippen molar-refractivity contribution in [3.63, 3.8) is 0 Å². The predicted octanol–water partition coefficient (Wildman–Crippen LogP) is 6.09. The number of carbonyl (C=O) groups is 1. The highest BCUT2D eigenvalue weighted by atomic mass is 16.5. The molecule has 7 nitrogen and oxygen atoms in total. The van der Waals surface area contributed by atoms with Crippen LogP contribution in [-0.2, 0) is 25.8 Å². The molecule has 206 valence electrons. The Morgan fingerprint density at radius 1 is 1.23 bits per heavy atom. The van der Waals surface area contributed by atoms with Gasteiger partial charge in [-0.2, -0.15) is 5.10 Å². The summed E-state index contributed by atoms with van der Waals surface area (Å²) in [7, 11) is 2.23. The number of aromatic nitrogens is 3. The van der Waals surface area contributed by atoms with E-state index < -0.39 is 0 Å². The summed E-state index contributed by atoms with van der Waals surface area (Å²) in [5, 5.41) is 8.73. The van der Waals surface area contributed by atoms with Gasteiger partial charge in [0.15, 0.2) is 0 Å². The summed E-state index contributed by atoms with van der Waals surface area (Å²) in [6, 6.07) is 13.7. The number of aryl methyl sites for hydroxylation is 2. The Morgan fingerprint density at radius 3 is 2.92 bits per heavy atom. The van der Waals surface area contributed by atoms with E-state index in [2.05, 4.69) is 59.5 Å². The number of unbranched alkanes of at least 4 members (excludes halogenated alkanes) is 1. The smallest absolute Gasteiger partial charge is 0.259 e. The highest BCUT2D eigenvalue weighted by Crippen LogP contribution is 2.34. The van der Waals surface area contributed by atoms with Crippen molar-refractivity contribution in [2.24, 2.45) is 5.92 Å². The number of carbonyl (C=O) groups excluding carboxylic acids is 1. The molecular weight excluding hydrogens is 486 g/mol. The lowest BCUT2D eigenvalue weighted by molar-refractivity contribution is 0.102. The monoisotopic (exact) mass is 527 g/mol. The second-order valence-electron chi connectivity index (χ2n) is 10.8. The van der Waals surface area contributed by atoms with Gasteiger partial charge in [-0.05, 0) is 93.5 Å². The molecule has 2 aromatic carbocycles. The van der Waals surface area contributed by atoms with Gasteiger partial charge in [0.05, 0.1) is 18.4 Å². The summed E-state index contributed by atoms with van der Waals surface area (Å²) in [6.07, 6.45) is 10.5. The van der Waals surface area contributed by atoms with Crippen LogP contribution in [0.3, 0.4) is 0 Å². The Balaban J connectivity index is 1.24. The van der Waals surface area contributed by atoms with Gasteiger partial charge in [-0.25, -0.2) is 0 Å². The van der Waals surface area contributed by atoms with Crippen LogP contribution in [0.4, 0.5) is 5.69 Å². The summed E-state index contributed by atoms with van der Waals surface area (Å²) in [5.41, 5.74) is 6.56. The minimum atomic E-state index is -0.144. The number of rotatable bonds is 12. The number of anilines is 1. The number of hydrogen-bond donors (Lipinski definition) is 2. The van der Waals surface area contributed by atoms with E-state index in [0.29, 0.717) is 23.8 Å². The van der Waals surface area contributed by atoms with Gasteiger partial charge in [-0.3, -0.25) is 9.48 Å². The minimum absolute atomic E-state index is 0.144. The molecule has 1 aliphatic rings. The summed E-state index contributed by atoms with van der Waals surface area (Å²) in [4.78, 5) is 19.3. The SMILES string of the molecule is CCCCOc1ccccc1C(=O)Nc1ccc2[nH]c3c(c2c1)CC(CN(C)CCc1cnn(CC)c1)CC3. The van der Waals surface area contributed by atoms with Crippen LogP contribution in [0, 0.1) is 5.92 Å². The van der Waals surface area contributed by atoms with Crippen molar-refractivity contribution in [1.29, 1.82) is 0 Å². The number of likely N-dealkylation sites (N-methyl/N-ethyl adjacent to an activating group) is 1. The maximum Gasteiger partial charge on any atom is 0.259 e. The average Bonchev–Trinajstić information content (AvgIpc) is 3.56. The number of benzene rings is 2. The molecule has 0 radical (unpaired) electrons. The molecule has 4 aromatic rings. The van der Waals surface area contributed by atoms with Gasteiger partial charge in [-0.1, -0.05) is 25.5 Å². The second-order valence-corrected chi connectivity index (χ2v) is 10.8. The van der Waals surface area contributed by atoms with Crippen LogP contribution >= 0.6 is 0 Å². The molecule has 1 aliphatic carbocycles. The van der Waals surface area contributed by atoms with E-state index >= 15 is 0 Å². The minimum Gasteiger partial charge on any atom is -0.493 e. The van der Waals surface area contributed by atoms with Gasteiger partial charge in [0.1, 0.15) is 5.75 Å². The normalized spacial score (nSPS) is 15.0. The largest absolute Gasteiger partial charge is 0.493 e. The summed E-state index contributed by atoms with van der Waals surface area (Å²) < 4.78 is 7.88. The van der Waals surface area contributed by atoms with Crippen LogP contribution in [0.2, 0.25) is 0 Å². The molecule has 5 rings (SSSR count). The van der Waals surface area contributed by atoms with Crippen molar-refractivity contribution in [2.45, 2.75) is 58.9 Å². The van der Waals surface area contributed by atoms with Crippen LogP contribution in [0.15, 0.2) is 54.9 Å². The van der Waals surface area contributed by atoms with E-state index in [4.69, 9.17) is 4.74 Å². The van der Waals surface area contributed by atoms with E-state index in [1.54, 1.807) is 0 Å². The zero-order valence-corrected chi connectivity index (χ0v) is 23.5. The fraction of sp³-hybridized carbons (Fsp3) is 0.438. The number of ether oxygens (including phenoxy) is 1. The standard InChI is InChI=1S/C32H41N5O2/c1-4-6-17-39-31-10-8-7-9-26(31)32(38)34-25-12-14-30-28(19-25)27-18-23(11-13-29(27)35-30)21-36(3)16-15-24-20-33-37(5-2)22-24/h7-10,12,14,19-20,22-23,35H,4-6,11,13,15-18,21H2,1-3H3,(H,34,38). The first kappa shape index (κ1) is 27.0. The van der Waals surface area contributed by atoms with Crippen LogP contribution in [-0.4, -0.2) is 52.3 Å². The van der Waals surface area contributed by atoms with E-state index in [0.717, 1.165) is 62.9 Å². The zero-order valence-electron chi connectivity index (χ0n) is 23.5. The van der Waals surface area contributed by atoms with Gasteiger partial charge in [0.25, 0.3) is 5.91 Å². The van der Waals surface area contributed by atoms with E-state index in [1.807, 2.05) is 41.2 Å². The lowest BCUT2D eigenvalue weighted by Crippen LogP contribution is -2.30. The van der Waals surface area contributed by atoms with Crippen molar-refractivity contribution < 1.29 is 9.53 Å². The lowest BCUT2D eigenvalue weighted by atomic mass is 9.86. The highest BCUT2D eigenvalue weighted by molar-refractivity contribution is 6.07. The summed E-state index contributed by atoms with van der Waals surface area (Å²) >= 11 is 0. The van der Waals surface area contributed by atoms with Crippen LogP contribution in [0.5, 0.6) is 5.75 Å². The molecule has 0 bridgehead atoms. The van der Waals surface area contributed by atoms with Gasteiger partial charge in [0.2, 0.25) is 0 Å². The van der Waals surface area contributed by atoms with Crippen molar-refractivity contribution in [2.75, 3.05) is 32.1 Å². The maximum atomic E-state index is 13.2. The van der Waals surface area contributed by atoms with E-state index in [1.165, 1.54) is 28.6 Å². The molecule has 1 atom stereocenters. The maximum absolute atomic E-state index is 13.2. The molecule has 1 unspecified atom stereocenters. The number of nitrogens with one attached hydrogen (secondary N) is 2. The number of H-pyrrole nitrogens is 1. The molecule has 1 amide bonds. The van der Waals surface area contributed by atoms with Crippen molar-refractivity contribution in [3.05, 3.63) is 77.2 Å². The van der Waals surface area contributed by atoms with Crippen LogP contribution in [0.1, 0.15) is 60.3 Å². The second kappa shape index (κ2) is 12.5. The number of fused-ring (bicyclic) bond motifs is 3. The Kier molecular flexibility index (Phi) is 8.67. The third kappa shape index (κ3) is 6.53. The third-order valence-corrected chi connectivity index (χ3v) is 7.80. The van der Waals surface area contributed by atoms with Crippen molar-refractivity contribution in [1.82, 2.24) is 19.7 Å². The summed E-state index contributed by atoms with van der Waals surface area (Å²) in [5.74, 6) is 1.11. The van der Waals surface area contributed by atoms with Crippen molar-refractivity contribution >= 4 is 22.5 Å². The number of amides is 1. The molecule has 0 saturated carbocycles. The quantitative estimate of drug-likeness (QED) is 0.219. The van der Waals surface area contributed by atoms with Gasteiger partial charge < -0.3 is 19.9 Å². The topological polar surface area (TPSA) is 75.2 Å². The first-order chi connectivity index (χ1) is 19.0. The Bertz CT molecular complexity index is 1400. The highest BCUT2D eigenvalue weighted by Gasteiger charge is 2.24. The fourth-order valence-electron chi connectivity index (χ4n) is 5.59. The molecule has 0 aliphatic heterocycles. The van der Waals surface area contributed by atoms with E-state index in [9.17, 15) is 4.79 Å². The molecule has 2 heterocycles. The molecule has 0 saturated heterocycles. The van der Waals surface area contributed by atoms with Crippen LogP contribution in [0.25, 0.3) is 10.9 Å². The number of nitrogens with zero attached hydrogens (tertiary/aromatic N) is 3. The number of para-hydroxylation sites is 1. The number of hydrogen-bond acceptors (Lipinski definition) is 4. The molecular formula is C32H41N5O2. The number of aromatic amines is 1. The molecule has 7 heteroatoms. The molecule has 0 fully saturated rings.